The Balaban J connectivity index is 2.28. The molecule has 1 N–H and O–H groups in total. The molecule has 6 heteroatoms. The average Bonchev–Trinajstić information content (AvgIpc) is 2.73. The number of rotatable bonds is 4. The lowest BCUT2D eigenvalue weighted by Gasteiger charge is -2.25. The minimum absolute atomic E-state index is 0.0311. The smallest absolute Gasteiger partial charge is 0.331 e. The number of nitrogens with zero attached hydrogens (tertiary/aromatic N) is 1. The topological polar surface area (TPSA) is 57.6 Å². The van der Waals surface area contributed by atoms with Crippen molar-refractivity contribution in [1.82, 2.24) is 4.90 Å². The monoisotopic (exact) mass is 285 g/mol. The number of hydrogen-bond acceptors (Lipinski definition) is 2. The molecule has 0 saturated carbocycles. The molecule has 1 aliphatic heterocycles. The number of benzene rings is 1. The van der Waals surface area contributed by atoms with Gasteiger partial charge < -0.3 is 10.0 Å². The van der Waals surface area contributed by atoms with Crippen LogP contribution in [0.1, 0.15) is 18.0 Å². The van der Waals surface area contributed by atoms with Crippen LogP contribution in [0.2, 0.25) is 0 Å². The zero-order chi connectivity index (χ0) is 14.0. The molecule has 1 unspecified atom stereocenters. The summed E-state index contributed by atoms with van der Waals surface area (Å²) in [5.74, 6) is -1.52. The van der Waals surface area contributed by atoms with Gasteiger partial charge in [0.2, 0.25) is 5.91 Å². The summed E-state index contributed by atoms with van der Waals surface area (Å²) in [6.45, 7) is 0.316. The van der Waals surface area contributed by atoms with Gasteiger partial charge in [-0.2, -0.15) is 0 Å². The highest BCUT2D eigenvalue weighted by atomic mass is 35.5. The molecule has 0 spiro atoms. The number of carboxylic acid groups (broad SMARTS) is 1. The Bertz CT molecular complexity index is 491. The van der Waals surface area contributed by atoms with Crippen molar-refractivity contribution in [1.29, 1.82) is 0 Å². The molecule has 1 aromatic rings. The minimum atomic E-state index is -1.13. The second kappa shape index (κ2) is 5.57. The molecule has 0 radical (unpaired) electrons. The van der Waals surface area contributed by atoms with Gasteiger partial charge in [-0.05, 0) is 23.6 Å². The molecule has 1 heterocycles. The highest BCUT2D eigenvalue weighted by Gasteiger charge is 2.38. The number of carboxylic acids is 1. The lowest BCUT2D eigenvalue weighted by atomic mass is 10.1. The summed E-state index contributed by atoms with van der Waals surface area (Å²) >= 11 is 5.71. The van der Waals surface area contributed by atoms with Gasteiger partial charge in [0.05, 0.1) is 0 Å². The molecular formula is C13H13ClFNO3. The van der Waals surface area contributed by atoms with Gasteiger partial charge in [0.15, 0.2) is 6.04 Å². The van der Waals surface area contributed by atoms with E-state index in [0.717, 1.165) is 0 Å². The second-order valence-corrected chi connectivity index (χ2v) is 4.87. The second-order valence-electron chi connectivity index (χ2n) is 4.56. The van der Waals surface area contributed by atoms with Gasteiger partial charge in [0, 0.05) is 18.8 Å². The van der Waals surface area contributed by atoms with E-state index in [1.54, 1.807) is 0 Å². The fourth-order valence-electron chi connectivity index (χ4n) is 2.26. The van der Waals surface area contributed by atoms with Crippen LogP contribution in [-0.2, 0) is 9.59 Å². The van der Waals surface area contributed by atoms with E-state index in [4.69, 9.17) is 11.6 Å². The number of carbonyl (C=O) groups excluding carboxylic acids is 1. The number of aliphatic carboxylic acids is 1. The largest absolute Gasteiger partial charge is 0.479 e. The highest BCUT2D eigenvalue weighted by molar-refractivity contribution is 6.18. The van der Waals surface area contributed by atoms with Gasteiger partial charge >= 0.3 is 5.97 Å². The number of halogens is 2. The Kier molecular flexibility index (Phi) is 4.04. The fourth-order valence-corrected chi connectivity index (χ4v) is 2.47. The Morgan fingerprint density at radius 1 is 1.47 bits per heavy atom. The van der Waals surface area contributed by atoms with E-state index in [9.17, 15) is 19.1 Å². The number of hydrogen-bond donors (Lipinski definition) is 1. The van der Waals surface area contributed by atoms with Crippen molar-refractivity contribution in [3.8, 4) is 0 Å². The molecule has 2 rings (SSSR count). The van der Waals surface area contributed by atoms with Gasteiger partial charge in [-0.15, -0.1) is 11.6 Å². The maximum atomic E-state index is 12.9. The Morgan fingerprint density at radius 3 is 2.58 bits per heavy atom. The Morgan fingerprint density at radius 2 is 2.11 bits per heavy atom. The van der Waals surface area contributed by atoms with Crippen LogP contribution in [0.15, 0.2) is 24.3 Å². The van der Waals surface area contributed by atoms with Crippen LogP contribution >= 0.6 is 11.6 Å². The van der Waals surface area contributed by atoms with E-state index in [1.807, 2.05) is 0 Å². The Labute approximate surface area is 114 Å². The highest BCUT2D eigenvalue weighted by Crippen LogP contribution is 2.29. The predicted molar refractivity (Wildman–Crippen MR) is 67.3 cm³/mol. The first-order chi connectivity index (χ1) is 9.02. The van der Waals surface area contributed by atoms with Gasteiger partial charge in [-0.1, -0.05) is 12.1 Å². The van der Waals surface area contributed by atoms with Crippen LogP contribution in [0.3, 0.4) is 0 Å². The maximum absolute atomic E-state index is 12.9. The molecule has 1 aromatic carbocycles. The molecule has 1 aliphatic rings. The van der Waals surface area contributed by atoms with Crippen molar-refractivity contribution in [3.05, 3.63) is 35.6 Å². The van der Waals surface area contributed by atoms with Gasteiger partial charge in [-0.3, -0.25) is 4.79 Å². The Hall–Kier alpha value is -1.62. The summed E-state index contributed by atoms with van der Waals surface area (Å²) in [6.07, 6.45) is 0.258. The summed E-state index contributed by atoms with van der Waals surface area (Å²) in [6, 6.07) is 4.06. The van der Waals surface area contributed by atoms with Gasteiger partial charge in [0.1, 0.15) is 5.82 Å². The first-order valence-electron chi connectivity index (χ1n) is 5.86. The molecule has 1 fully saturated rings. The van der Waals surface area contributed by atoms with E-state index in [0.29, 0.717) is 18.0 Å². The van der Waals surface area contributed by atoms with E-state index in [1.165, 1.54) is 29.2 Å². The average molecular weight is 286 g/mol. The lowest BCUT2D eigenvalue weighted by Crippen LogP contribution is -2.35. The zero-order valence-corrected chi connectivity index (χ0v) is 10.8. The van der Waals surface area contributed by atoms with Crippen molar-refractivity contribution >= 4 is 23.5 Å². The SMILES string of the molecule is O=C(O)[C@H](c1ccc(F)cc1)N1CC(CCl)CC1=O. The third kappa shape index (κ3) is 2.87. The van der Waals surface area contributed by atoms with Crippen LogP contribution in [0.25, 0.3) is 0 Å². The molecule has 1 saturated heterocycles. The van der Waals surface area contributed by atoms with Crippen LogP contribution in [0, 0.1) is 11.7 Å². The maximum Gasteiger partial charge on any atom is 0.331 e. The summed E-state index contributed by atoms with van der Waals surface area (Å²) in [5.41, 5.74) is 0.387. The van der Waals surface area contributed by atoms with Crippen molar-refractivity contribution in [2.75, 3.05) is 12.4 Å². The third-order valence-electron chi connectivity index (χ3n) is 3.19. The van der Waals surface area contributed by atoms with Crippen molar-refractivity contribution in [2.24, 2.45) is 5.92 Å². The fraction of sp³-hybridized carbons (Fsp3) is 0.385. The predicted octanol–water partition coefficient (Wildman–Crippen LogP) is 2.04. The van der Waals surface area contributed by atoms with Crippen molar-refractivity contribution in [2.45, 2.75) is 12.5 Å². The van der Waals surface area contributed by atoms with Crippen LogP contribution in [0.5, 0.6) is 0 Å². The molecule has 19 heavy (non-hydrogen) atoms. The van der Waals surface area contributed by atoms with Gasteiger partial charge in [0.25, 0.3) is 0 Å². The molecule has 1 amide bonds. The summed E-state index contributed by atoms with van der Waals surface area (Å²) < 4.78 is 12.9. The van der Waals surface area contributed by atoms with E-state index in [2.05, 4.69) is 0 Å². The molecule has 0 aliphatic carbocycles. The first-order valence-corrected chi connectivity index (χ1v) is 6.40. The zero-order valence-electron chi connectivity index (χ0n) is 10.1. The summed E-state index contributed by atoms with van der Waals surface area (Å²) in [5, 5.41) is 9.31. The van der Waals surface area contributed by atoms with Crippen molar-refractivity contribution < 1.29 is 19.1 Å². The quantitative estimate of drug-likeness (QED) is 0.861. The normalized spacial score (nSPS) is 20.6. The van der Waals surface area contributed by atoms with E-state index < -0.39 is 17.8 Å². The van der Waals surface area contributed by atoms with Gasteiger partial charge in [-0.25, -0.2) is 9.18 Å². The minimum Gasteiger partial charge on any atom is -0.479 e. The van der Waals surface area contributed by atoms with E-state index in [-0.39, 0.29) is 18.2 Å². The molecule has 0 aromatic heterocycles. The summed E-state index contributed by atoms with van der Waals surface area (Å²) in [4.78, 5) is 24.5. The first kappa shape index (κ1) is 13.8. The number of alkyl halides is 1. The molecule has 2 atom stereocenters. The number of carbonyl (C=O) groups is 2. The third-order valence-corrected chi connectivity index (χ3v) is 3.62. The lowest BCUT2D eigenvalue weighted by molar-refractivity contribution is -0.148. The van der Waals surface area contributed by atoms with Crippen LogP contribution in [-0.4, -0.2) is 34.3 Å². The molecule has 0 bridgehead atoms. The number of amides is 1. The van der Waals surface area contributed by atoms with Crippen molar-refractivity contribution in [3.63, 3.8) is 0 Å². The number of likely N-dealkylation sites (tertiary alicyclic amines) is 1. The standard InChI is InChI=1S/C13H13ClFNO3/c14-6-8-5-11(17)16(7-8)12(13(18)19)9-1-3-10(15)4-2-9/h1-4,8,12H,5-7H2,(H,18,19)/t8?,12-/m0/s1. The van der Waals surface area contributed by atoms with Crippen LogP contribution < -0.4 is 0 Å². The molecular weight excluding hydrogens is 273 g/mol. The molecule has 4 nitrogen and oxygen atoms in total. The molecule has 102 valence electrons. The van der Waals surface area contributed by atoms with E-state index >= 15 is 0 Å². The summed E-state index contributed by atoms with van der Waals surface area (Å²) in [7, 11) is 0. The van der Waals surface area contributed by atoms with Crippen LogP contribution in [0.4, 0.5) is 4.39 Å².